The van der Waals surface area contributed by atoms with E-state index in [4.69, 9.17) is 11.1 Å². The van der Waals surface area contributed by atoms with Gasteiger partial charge in [0.1, 0.15) is 0 Å². The van der Waals surface area contributed by atoms with E-state index in [1.165, 1.54) is 0 Å². The standard InChI is InChI=1S/C11H19N5/c1-11(9(12)13)3-6-16(7-4-11)10-14-5-8-15(10)2/h5,8H,3-4,6-7H2,1-2H3,(H3,12,13). The highest BCUT2D eigenvalue weighted by molar-refractivity contribution is 5.83. The van der Waals surface area contributed by atoms with Crippen LogP contribution in [0.5, 0.6) is 0 Å². The van der Waals surface area contributed by atoms with E-state index in [0.29, 0.717) is 5.84 Å². The Balaban J connectivity index is 2.06. The number of nitrogens with zero attached hydrogens (tertiary/aromatic N) is 3. The van der Waals surface area contributed by atoms with Gasteiger partial charge in [0.2, 0.25) is 5.95 Å². The predicted octanol–water partition coefficient (Wildman–Crippen LogP) is 0.963. The van der Waals surface area contributed by atoms with Crippen LogP contribution in [0.15, 0.2) is 12.4 Å². The van der Waals surface area contributed by atoms with E-state index in [0.717, 1.165) is 31.9 Å². The summed E-state index contributed by atoms with van der Waals surface area (Å²) in [4.78, 5) is 6.59. The smallest absolute Gasteiger partial charge is 0.205 e. The van der Waals surface area contributed by atoms with Gasteiger partial charge in [-0.3, -0.25) is 5.41 Å². The average molecular weight is 221 g/mol. The number of piperidine rings is 1. The third-order valence-corrected chi connectivity index (χ3v) is 3.60. The molecule has 2 rings (SSSR count). The monoisotopic (exact) mass is 221 g/mol. The van der Waals surface area contributed by atoms with Gasteiger partial charge >= 0.3 is 0 Å². The summed E-state index contributed by atoms with van der Waals surface area (Å²) in [7, 11) is 2.00. The van der Waals surface area contributed by atoms with Crippen molar-refractivity contribution in [3.63, 3.8) is 0 Å². The summed E-state index contributed by atoms with van der Waals surface area (Å²) in [5, 5.41) is 7.61. The zero-order valence-corrected chi connectivity index (χ0v) is 9.90. The summed E-state index contributed by atoms with van der Waals surface area (Å²) in [6.07, 6.45) is 5.62. The number of anilines is 1. The quantitative estimate of drug-likeness (QED) is 0.577. The van der Waals surface area contributed by atoms with Crippen molar-refractivity contribution >= 4 is 11.8 Å². The minimum absolute atomic E-state index is 0.123. The van der Waals surface area contributed by atoms with E-state index < -0.39 is 0 Å². The molecule has 0 amide bonds. The maximum Gasteiger partial charge on any atom is 0.205 e. The fourth-order valence-electron chi connectivity index (χ4n) is 2.13. The first-order valence-corrected chi connectivity index (χ1v) is 5.60. The molecule has 1 aliphatic heterocycles. The van der Waals surface area contributed by atoms with Crippen molar-refractivity contribution < 1.29 is 0 Å². The molecular formula is C11H19N5. The summed E-state index contributed by atoms with van der Waals surface area (Å²) < 4.78 is 2.02. The molecule has 0 aromatic carbocycles. The summed E-state index contributed by atoms with van der Waals surface area (Å²) in [5.74, 6) is 1.32. The molecule has 0 saturated carbocycles. The van der Waals surface area contributed by atoms with Crippen LogP contribution in [0.1, 0.15) is 19.8 Å². The van der Waals surface area contributed by atoms with Gasteiger partial charge in [0.15, 0.2) is 0 Å². The van der Waals surface area contributed by atoms with Gasteiger partial charge in [0, 0.05) is 37.9 Å². The lowest BCUT2D eigenvalue weighted by molar-refractivity contribution is 0.347. The van der Waals surface area contributed by atoms with Crippen molar-refractivity contribution in [2.24, 2.45) is 18.2 Å². The Hall–Kier alpha value is -1.52. The second kappa shape index (κ2) is 3.81. The Morgan fingerprint density at radius 2 is 2.12 bits per heavy atom. The maximum absolute atomic E-state index is 7.61. The highest BCUT2D eigenvalue weighted by Crippen LogP contribution is 2.31. The number of nitrogens with one attached hydrogen (secondary N) is 1. The van der Waals surface area contributed by atoms with Crippen LogP contribution in [-0.2, 0) is 7.05 Å². The van der Waals surface area contributed by atoms with Crippen molar-refractivity contribution in [2.75, 3.05) is 18.0 Å². The lowest BCUT2D eigenvalue weighted by Crippen LogP contribution is -2.45. The molecule has 0 unspecified atom stereocenters. The average Bonchev–Trinajstić information content (AvgIpc) is 2.66. The van der Waals surface area contributed by atoms with Gasteiger partial charge < -0.3 is 15.2 Å². The SMILES string of the molecule is Cn1ccnc1N1CCC(C)(C(=N)N)CC1. The molecule has 1 aromatic rings. The minimum atomic E-state index is -0.123. The predicted molar refractivity (Wildman–Crippen MR) is 64.7 cm³/mol. The lowest BCUT2D eigenvalue weighted by Gasteiger charge is -2.38. The molecule has 0 spiro atoms. The zero-order valence-electron chi connectivity index (χ0n) is 9.90. The number of aromatic nitrogens is 2. The van der Waals surface area contributed by atoms with E-state index >= 15 is 0 Å². The number of imidazole rings is 1. The van der Waals surface area contributed by atoms with Crippen LogP contribution < -0.4 is 10.6 Å². The van der Waals surface area contributed by atoms with Crippen molar-refractivity contribution in [1.29, 1.82) is 5.41 Å². The fourth-order valence-corrected chi connectivity index (χ4v) is 2.13. The summed E-state index contributed by atoms with van der Waals surface area (Å²) in [5.41, 5.74) is 5.52. The normalized spacial score (nSPS) is 19.8. The zero-order chi connectivity index (χ0) is 11.8. The van der Waals surface area contributed by atoms with Crippen LogP contribution >= 0.6 is 0 Å². The van der Waals surface area contributed by atoms with Gasteiger partial charge in [0.25, 0.3) is 0 Å². The molecule has 1 aromatic heterocycles. The highest BCUT2D eigenvalue weighted by Gasteiger charge is 2.33. The number of hydrogen-bond acceptors (Lipinski definition) is 3. The second-order valence-electron chi connectivity index (χ2n) is 4.80. The van der Waals surface area contributed by atoms with Gasteiger partial charge in [-0.15, -0.1) is 0 Å². The van der Waals surface area contributed by atoms with E-state index in [-0.39, 0.29) is 5.41 Å². The molecule has 0 atom stereocenters. The van der Waals surface area contributed by atoms with Crippen LogP contribution in [-0.4, -0.2) is 28.5 Å². The Labute approximate surface area is 95.8 Å². The number of aryl methyl sites for hydroxylation is 1. The van der Waals surface area contributed by atoms with Crippen molar-refractivity contribution in [3.8, 4) is 0 Å². The van der Waals surface area contributed by atoms with Crippen LogP contribution in [0.2, 0.25) is 0 Å². The van der Waals surface area contributed by atoms with Gasteiger partial charge in [0.05, 0.1) is 5.84 Å². The first-order valence-electron chi connectivity index (χ1n) is 5.60. The van der Waals surface area contributed by atoms with E-state index in [1.807, 2.05) is 24.0 Å². The van der Waals surface area contributed by atoms with Crippen LogP contribution in [0.25, 0.3) is 0 Å². The van der Waals surface area contributed by atoms with Crippen LogP contribution in [0.4, 0.5) is 5.95 Å². The third kappa shape index (κ3) is 1.77. The van der Waals surface area contributed by atoms with Gasteiger partial charge in [-0.1, -0.05) is 6.92 Å². The Morgan fingerprint density at radius 1 is 1.50 bits per heavy atom. The fraction of sp³-hybridized carbons (Fsp3) is 0.636. The number of amidine groups is 1. The number of hydrogen-bond donors (Lipinski definition) is 2. The van der Waals surface area contributed by atoms with Gasteiger partial charge in [-0.2, -0.15) is 0 Å². The first kappa shape index (κ1) is 11.0. The maximum atomic E-state index is 7.61. The minimum Gasteiger partial charge on any atom is -0.387 e. The molecular weight excluding hydrogens is 202 g/mol. The molecule has 1 fully saturated rings. The van der Waals surface area contributed by atoms with Crippen molar-refractivity contribution in [1.82, 2.24) is 9.55 Å². The van der Waals surface area contributed by atoms with Crippen molar-refractivity contribution in [3.05, 3.63) is 12.4 Å². The molecule has 16 heavy (non-hydrogen) atoms. The Morgan fingerprint density at radius 3 is 2.56 bits per heavy atom. The molecule has 3 N–H and O–H groups in total. The Kier molecular flexibility index (Phi) is 2.61. The molecule has 0 bridgehead atoms. The van der Waals surface area contributed by atoms with E-state index in [1.54, 1.807) is 0 Å². The largest absolute Gasteiger partial charge is 0.387 e. The number of nitrogens with two attached hydrogens (primary N) is 1. The molecule has 2 heterocycles. The highest BCUT2D eigenvalue weighted by atomic mass is 15.3. The van der Waals surface area contributed by atoms with Crippen LogP contribution in [0.3, 0.4) is 0 Å². The molecule has 5 nitrogen and oxygen atoms in total. The lowest BCUT2D eigenvalue weighted by atomic mass is 9.79. The summed E-state index contributed by atoms with van der Waals surface area (Å²) in [6, 6.07) is 0. The molecule has 0 aliphatic carbocycles. The van der Waals surface area contributed by atoms with Crippen molar-refractivity contribution in [2.45, 2.75) is 19.8 Å². The molecule has 5 heteroatoms. The topological polar surface area (TPSA) is 70.9 Å². The summed E-state index contributed by atoms with van der Waals surface area (Å²) >= 11 is 0. The second-order valence-corrected chi connectivity index (χ2v) is 4.80. The van der Waals surface area contributed by atoms with Gasteiger partial charge in [-0.25, -0.2) is 4.98 Å². The van der Waals surface area contributed by atoms with E-state index in [2.05, 4.69) is 16.8 Å². The number of rotatable bonds is 2. The molecule has 1 aliphatic rings. The molecule has 88 valence electrons. The summed E-state index contributed by atoms with van der Waals surface area (Å²) in [6.45, 7) is 3.91. The Bertz CT molecular complexity index is 387. The van der Waals surface area contributed by atoms with Crippen LogP contribution in [0, 0.1) is 10.8 Å². The molecule has 1 saturated heterocycles. The molecule has 0 radical (unpaired) electrons. The van der Waals surface area contributed by atoms with E-state index in [9.17, 15) is 0 Å². The van der Waals surface area contributed by atoms with Gasteiger partial charge in [-0.05, 0) is 12.8 Å². The first-order chi connectivity index (χ1) is 7.53. The third-order valence-electron chi connectivity index (χ3n) is 3.60.